The maximum atomic E-state index is 12.2. The van der Waals surface area contributed by atoms with Crippen LogP contribution < -0.4 is 15.9 Å². The van der Waals surface area contributed by atoms with Crippen LogP contribution in [0, 0.1) is 16.7 Å². The van der Waals surface area contributed by atoms with Crippen molar-refractivity contribution in [2.24, 2.45) is 10.8 Å². The Morgan fingerprint density at radius 1 is 1.43 bits per heavy atom. The second kappa shape index (κ2) is 6.51. The highest BCUT2D eigenvalue weighted by molar-refractivity contribution is 6.46. The largest absolute Gasteiger partial charge is 0.573 e. The molecule has 0 aromatic heterocycles. The van der Waals surface area contributed by atoms with E-state index in [4.69, 9.17) is 39.6 Å². The van der Waals surface area contributed by atoms with Gasteiger partial charge in [0.1, 0.15) is 11.1 Å². The van der Waals surface area contributed by atoms with Crippen molar-refractivity contribution in [3.63, 3.8) is 0 Å². The van der Waals surface area contributed by atoms with E-state index in [2.05, 4.69) is 15.3 Å². The van der Waals surface area contributed by atoms with Gasteiger partial charge in [0, 0.05) is 6.07 Å². The van der Waals surface area contributed by atoms with Crippen molar-refractivity contribution in [1.29, 1.82) is 10.7 Å². The second-order valence-corrected chi connectivity index (χ2v) is 4.20. The molecule has 4 N–H and O–H groups in total. The number of benzene rings is 1. The molecule has 1 aromatic carbocycles. The van der Waals surface area contributed by atoms with E-state index >= 15 is 0 Å². The summed E-state index contributed by atoms with van der Waals surface area (Å²) < 4.78 is 40.3. The van der Waals surface area contributed by atoms with Crippen molar-refractivity contribution in [3.05, 3.63) is 22.2 Å². The van der Waals surface area contributed by atoms with Gasteiger partial charge in [-0.3, -0.25) is 10.8 Å². The summed E-state index contributed by atoms with van der Waals surface area (Å²) in [6.45, 7) is 0. The summed E-state index contributed by atoms with van der Waals surface area (Å²) in [7, 11) is 0. The van der Waals surface area contributed by atoms with Gasteiger partial charge in [-0.15, -0.1) is 13.2 Å². The normalized spacial score (nSPS) is 11.7. The molecule has 1 rings (SSSR count). The van der Waals surface area contributed by atoms with E-state index in [-0.39, 0.29) is 10.7 Å². The van der Waals surface area contributed by atoms with Crippen LogP contribution in [0.5, 0.6) is 5.75 Å². The lowest BCUT2D eigenvalue weighted by molar-refractivity contribution is -0.274. The number of nitrogens with zero attached hydrogens (tertiary/aromatic N) is 2. The van der Waals surface area contributed by atoms with Crippen LogP contribution in [0.1, 0.15) is 0 Å². The Morgan fingerprint density at radius 2 is 2.05 bits per heavy atom. The number of alkyl halides is 3. The number of anilines is 1. The van der Waals surface area contributed by atoms with Crippen molar-refractivity contribution in [2.75, 3.05) is 5.43 Å². The number of hydrogen-bond acceptors (Lipinski definition) is 5. The second-order valence-electron chi connectivity index (χ2n) is 3.42. The molecule has 21 heavy (non-hydrogen) atoms. The predicted octanol–water partition coefficient (Wildman–Crippen LogP) is 3.12. The van der Waals surface area contributed by atoms with E-state index in [1.807, 2.05) is 0 Å². The maximum Gasteiger partial charge on any atom is 0.573 e. The van der Waals surface area contributed by atoms with Crippen molar-refractivity contribution >= 4 is 40.4 Å². The lowest BCUT2D eigenvalue weighted by atomic mass is 10.3. The fraction of sp³-hybridized carbons (Fsp3) is 0.100. The number of halogens is 5. The van der Waals surface area contributed by atoms with Crippen molar-refractivity contribution in [1.82, 2.24) is 0 Å². The Hall–Kier alpha value is -2.18. The zero-order chi connectivity index (χ0) is 16.2. The van der Waals surface area contributed by atoms with Crippen LogP contribution in [0.3, 0.4) is 0 Å². The van der Waals surface area contributed by atoms with E-state index in [1.54, 1.807) is 0 Å². The highest BCUT2D eigenvalue weighted by Crippen LogP contribution is 2.38. The number of nitrogens with two attached hydrogens (primary N) is 1. The van der Waals surface area contributed by atoms with E-state index in [1.165, 1.54) is 6.07 Å². The van der Waals surface area contributed by atoms with Crippen LogP contribution in [0.2, 0.25) is 10.0 Å². The number of rotatable bonds is 4. The smallest absolute Gasteiger partial charge is 0.404 e. The van der Waals surface area contributed by atoms with Crippen molar-refractivity contribution in [2.45, 2.75) is 6.36 Å². The summed E-state index contributed by atoms with van der Waals surface area (Å²) in [5.74, 6) is -1.35. The molecule has 112 valence electrons. The highest BCUT2D eigenvalue weighted by atomic mass is 35.5. The van der Waals surface area contributed by atoms with Gasteiger partial charge in [-0.1, -0.05) is 23.2 Å². The molecule has 0 saturated heterocycles. The van der Waals surface area contributed by atoms with Gasteiger partial charge in [-0.05, 0) is 6.07 Å². The number of amidine groups is 1. The average molecular weight is 340 g/mol. The summed E-state index contributed by atoms with van der Waals surface area (Å²) in [5, 5.41) is 18.4. The van der Waals surface area contributed by atoms with Gasteiger partial charge in [0.25, 0.3) is 0 Å². The molecular formula is C10H6Cl2F3N5O. The Morgan fingerprint density at radius 3 is 2.52 bits per heavy atom. The first-order valence-corrected chi connectivity index (χ1v) is 5.72. The van der Waals surface area contributed by atoms with Crippen LogP contribution in [-0.2, 0) is 0 Å². The molecule has 0 aliphatic carbocycles. The van der Waals surface area contributed by atoms with E-state index in [0.29, 0.717) is 0 Å². The molecule has 0 aliphatic rings. The van der Waals surface area contributed by atoms with Gasteiger partial charge >= 0.3 is 6.36 Å². The molecule has 11 heteroatoms. The minimum absolute atomic E-state index is 0.0438. The standard InChI is InChI=1S/C10H6Cl2F3N5O/c11-5-1-4(19-20-6(3-16)9(17)18)2-7(8(5)12)21-10(13,14)15/h1-2,19H,(H3,17,18)/b20-6+. The van der Waals surface area contributed by atoms with E-state index in [0.717, 1.165) is 12.1 Å². The van der Waals surface area contributed by atoms with Gasteiger partial charge in [0.15, 0.2) is 11.6 Å². The topological polar surface area (TPSA) is 107 Å². The number of ether oxygens (including phenoxy) is 1. The number of nitrogens with one attached hydrogen (secondary N) is 2. The third-order valence-corrected chi connectivity index (χ3v) is 2.66. The monoisotopic (exact) mass is 339 g/mol. The fourth-order valence-electron chi connectivity index (χ4n) is 1.09. The molecule has 1 aromatic rings. The summed E-state index contributed by atoms with van der Waals surface area (Å²) in [6, 6.07) is 3.55. The fourth-order valence-corrected chi connectivity index (χ4v) is 1.45. The third-order valence-electron chi connectivity index (χ3n) is 1.88. The highest BCUT2D eigenvalue weighted by Gasteiger charge is 2.32. The molecule has 0 bridgehead atoms. The molecule has 0 heterocycles. The molecule has 0 atom stereocenters. The zero-order valence-corrected chi connectivity index (χ0v) is 11.4. The Balaban J connectivity index is 3.11. The van der Waals surface area contributed by atoms with Crippen LogP contribution in [0.15, 0.2) is 17.2 Å². The predicted molar refractivity (Wildman–Crippen MR) is 71.7 cm³/mol. The molecule has 0 fully saturated rings. The van der Waals surface area contributed by atoms with E-state index in [9.17, 15) is 13.2 Å². The number of nitriles is 1. The minimum Gasteiger partial charge on any atom is -0.404 e. The summed E-state index contributed by atoms with van der Waals surface area (Å²) in [4.78, 5) is 0. The number of hydrazone groups is 1. The van der Waals surface area contributed by atoms with Gasteiger partial charge in [-0.2, -0.15) is 10.4 Å². The molecule has 0 spiro atoms. The SMILES string of the molecule is N#C/C(=N\Nc1cc(Cl)c(Cl)c(OC(F)(F)F)c1)C(=N)N. The molecular weight excluding hydrogens is 334 g/mol. The summed E-state index contributed by atoms with van der Waals surface area (Å²) in [6.07, 6.45) is -4.95. The first kappa shape index (κ1) is 16.9. The molecule has 0 amide bonds. The van der Waals surface area contributed by atoms with Crippen LogP contribution in [-0.4, -0.2) is 17.9 Å². The van der Waals surface area contributed by atoms with Gasteiger partial charge in [-0.25, -0.2) is 0 Å². The van der Waals surface area contributed by atoms with Crippen molar-refractivity contribution < 1.29 is 17.9 Å². The zero-order valence-electron chi connectivity index (χ0n) is 9.92. The number of hydrogen-bond donors (Lipinski definition) is 3. The summed E-state index contributed by atoms with van der Waals surface area (Å²) >= 11 is 11.2. The van der Waals surface area contributed by atoms with Crippen LogP contribution >= 0.6 is 23.2 Å². The first-order valence-electron chi connectivity index (χ1n) is 4.97. The molecule has 0 radical (unpaired) electrons. The van der Waals surface area contributed by atoms with Gasteiger partial charge in [0.2, 0.25) is 5.71 Å². The van der Waals surface area contributed by atoms with Crippen molar-refractivity contribution in [3.8, 4) is 11.8 Å². The lowest BCUT2D eigenvalue weighted by Gasteiger charge is -2.12. The maximum absolute atomic E-state index is 12.2. The quantitative estimate of drug-likeness (QED) is 0.445. The Bertz CT molecular complexity index is 639. The minimum atomic E-state index is -4.95. The van der Waals surface area contributed by atoms with Crippen LogP contribution in [0.25, 0.3) is 0 Å². The first-order chi connectivity index (χ1) is 9.64. The van der Waals surface area contributed by atoms with Crippen LogP contribution in [0.4, 0.5) is 18.9 Å². The third kappa shape index (κ3) is 5.02. The molecule has 0 saturated carbocycles. The molecule has 6 nitrogen and oxygen atoms in total. The molecule has 0 unspecified atom stereocenters. The molecule has 0 aliphatic heterocycles. The summed E-state index contributed by atoms with van der Waals surface area (Å²) in [5.41, 5.74) is 6.77. The van der Waals surface area contributed by atoms with E-state index < -0.39 is 28.7 Å². The Labute approximate surface area is 126 Å². The van der Waals surface area contributed by atoms with Gasteiger partial charge in [0.05, 0.1) is 10.7 Å². The Kier molecular flexibility index (Phi) is 5.23. The lowest BCUT2D eigenvalue weighted by Crippen LogP contribution is -2.22. The van der Waals surface area contributed by atoms with Gasteiger partial charge < -0.3 is 10.5 Å². The average Bonchev–Trinajstić information content (AvgIpc) is 2.33.